The number of rotatable bonds is 3. The smallest absolute Gasteiger partial charge is 0.290 e. The number of carbonyl (C=O) groups excluding carboxylic acids is 2. The predicted molar refractivity (Wildman–Crippen MR) is 84.6 cm³/mol. The van der Waals surface area contributed by atoms with Gasteiger partial charge < -0.3 is 4.42 Å². The van der Waals surface area contributed by atoms with E-state index >= 15 is 0 Å². The zero-order valence-corrected chi connectivity index (χ0v) is 12.7. The van der Waals surface area contributed by atoms with Crippen LogP contribution < -0.4 is 5.32 Å². The second-order valence-electron chi connectivity index (χ2n) is 4.81. The number of imide groups is 1. The summed E-state index contributed by atoms with van der Waals surface area (Å²) < 4.78 is 5.59. The lowest BCUT2D eigenvalue weighted by Gasteiger charge is -2.00. The van der Waals surface area contributed by atoms with Gasteiger partial charge in [0, 0.05) is 23.3 Å². The largest absolute Gasteiger partial charge is 0.457 e. The van der Waals surface area contributed by atoms with E-state index in [1.54, 1.807) is 31.2 Å². The number of carbonyl (C=O) groups is 2. The molecule has 0 spiro atoms. The molecule has 3 rings (SSSR count). The Hall–Kier alpha value is -2.87. The normalized spacial score (nSPS) is 16.0. The van der Waals surface area contributed by atoms with Gasteiger partial charge in [-0.05, 0) is 30.8 Å². The van der Waals surface area contributed by atoms with E-state index in [1.165, 1.54) is 12.1 Å². The van der Waals surface area contributed by atoms with E-state index in [9.17, 15) is 19.7 Å². The predicted octanol–water partition coefficient (Wildman–Crippen LogP) is 3.49. The maximum Gasteiger partial charge on any atom is 0.290 e. The van der Waals surface area contributed by atoms with Gasteiger partial charge in [-0.2, -0.15) is 0 Å². The van der Waals surface area contributed by atoms with Crippen LogP contribution in [0, 0.1) is 17.0 Å². The molecule has 7 nitrogen and oxygen atoms in total. The molecule has 23 heavy (non-hydrogen) atoms. The molecule has 2 amide bonds. The summed E-state index contributed by atoms with van der Waals surface area (Å²) >= 11 is 0.794. The van der Waals surface area contributed by atoms with Gasteiger partial charge in [-0.25, -0.2) is 0 Å². The summed E-state index contributed by atoms with van der Waals surface area (Å²) in [6.07, 6.45) is 1.46. The molecule has 116 valence electrons. The van der Waals surface area contributed by atoms with Gasteiger partial charge in [0.15, 0.2) is 0 Å². The van der Waals surface area contributed by atoms with Crippen molar-refractivity contribution < 1.29 is 18.9 Å². The second-order valence-corrected chi connectivity index (χ2v) is 5.83. The Kier molecular flexibility index (Phi) is 3.75. The van der Waals surface area contributed by atoms with Crippen LogP contribution in [0.25, 0.3) is 17.4 Å². The highest BCUT2D eigenvalue weighted by atomic mass is 32.2. The third kappa shape index (κ3) is 3.02. The lowest BCUT2D eigenvalue weighted by Crippen LogP contribution is -2.17. The first-order valence-electron chi connectivity index (χ1n) is 6.54. The van der Waals surface area contributed by atoms with E-state index in [1.807, 2.05) is 0 Å². The van der Waals surface area contributed by atoms with Crippen LogP contribution in [0.2, 0.25) is 0 Å². The Labute approximate surface area is 134 Å². The van der Waals surface area contributed by atoms with Gasteiger partial charge in [0.05, 0.1) is 9.83 Å². The van der Waals surface area contributed by atoms with E-state index in [4.69, 9.17) is 4.42 Å². The van der Waals surface area contributed by atoms with E-state index in [-0.39, 0.29) is 10.6 Å². The number of nitrogens with zero attached hydrogens (tertiary/aromatic N) is 1. The molecule has 8 heteroatoms. The summed E-state index contributed by atoms with van der Waals surface area (Å²) in [5, 5.41) is 12.7. The number of nitro groups is 1. The van der Waals surface area contributed by atoms with Gasteiger partial charge in [0.25, 0.3) is 16.8 Å². The minimum atomic E-state index is -0.469. The van der Waals surface area contributed by atoms with E-state index in [0.29, 0.717) is 22.6 Å². The minimum Gasteiger partial charge on any atom is -0.457 e. The summed E-state index contributed by atoms with van der Waals surface area (Å²) in [7, 11) is 0. The SMILES string of the molecule is Cc1ccc(-c2ccc(C=C3SC(=O)NC3=O)o2)cc1[N+](=O)[O-]. The summed E-state index contributed by atoms with van der Waals surface area (Å²) in [4.78, 5) is 33.4. The number of aryl methyl sites for hydroxylation is 1. The molecule has 0 unspecified atom stereocenters. The van der Waals surface area contributed by atoms with E-state index in [2.05, 4.69) is 5.32 Å². The number of thioether (sulfide) groups is 1. The molecule has 0 radical (unpaired) electrons. The number of furan rings is 1. The van der Waals surface area contributed by atoms with Crippen molar-refractivity contribution in [1.29, 1.82) is 0 Å². The van der Waals surface area contributed by atoms with Crippen molar-refractivity contribution in [2.45, 2.75) is 6.92 Å². The quantitative estimate of drug-likeness (QED) is 0.525. The lowest BCUT2D eigenvalue weighted by atomic mass is 10.1. The van der Waals surface area contributed by atoms with Crippen molar-refractivity contribution in [2.75, 3.05) is 0 Å². The van der Waals surface area contributed by atoms with Crippen LogP contribution in [0.3, 0.4) is 0 Å². The first-order valence-corrected chi connectivity index (χ1v) is 7.36. The average Bonchev–Trinajstić information content (AvgIpc) is 3.06. The van der Waals surface area contributed by atoms with Crippen molar-refractivity contribution in [2.24, 2.45) is 0 Å². The second kappa shape index (κ2) is 5.73. The summed E-state index contributed by atoms with van der Waals surface area (Å²) in [5.41, 5.74) is 1.13. The van der Waals surface area contributed by atoms with Crippen molar-refractivity contribution in [3.05, 3.63) is 56.7 Å². The van der Waals surface area contributed by atoms with E-state index in [0.717, 1.165) is 11.8 Å². The van der Waals surface area contributed by atoms with Gasteiger partial charge in [-0.15, -0.1) is 0 Å². The molecule has 2 aromatic rings. The molecule has 1 aliphatic heterocycles. The molecule has 0 bridgehead atoms. The van der Waals surface area contributed by atoms with Gasteiger partial charge >= 0.3 is 0 Å². The number of hydrogen-bond donors (Lipinski definition) is 1. The number of benzene rings is 1. The molecule has 0 aliphatic carbocycles. The number of hydrogen-bond acceptors (Lipinski definition) is 6. The Morgan fingerprint density at radius 3 is 2.70 bits per heavy atom. The molecular weight excluding hydrogens is 320 g/mol. The van der Waals surface area contributed by atoms with Crippen molar-refractivity contribution in [1.82, 2.24) is 5.32 Å². The van der Waals surface area contributed by atoms with Gasteiger partial charge in [-0.3, -0.25) is 25.0 Å². The molecule has 1 N–H and O–H groups in total. The van der Waals surface area contributed by atoms with Gasteiger partial charge in [0.2, 0.25) is 0 Å². The molecule has 1 fully saturated rings. The van der Waals surface area contributed by atoms with Gasteiger partial charge in [-0.1, -0.05) is 12.1 Å². The fraction of sp³-hybridized carbons (Fsp3) is 0.0667. The van der Waals surface area contributed by atoms with Crippen LogP contribution in [-0.4, -0.2) is 16.1 Å². The Bertz CT molecular complexity index is 869. The molecule has 1 aromatic carbocycles. The molecule has 2 heterocycles. The fourth-order valence-electron chi connectivity index (χ4n) is 2.10. The molecular formula is C15H10N2O5S. The highest BCUT2D eigenvalue weighted by Crippen LogP contribution is 2.30. The molecule has 1 saturated heterocycles. The standard InChI is InChI=1S/C15H10N2O5S/c1-8-2-3-9(6-11(8)17(20)21)12-5-4-10(22-12)7-13-14(18)16-15(19)23-13/h2-7H,1H3,(H,16,18,19). The molecule has 1 aromatic heterocycles. The van der Waals surface area contributed by atoms with Crippen molar-refractivity contribution in [3.63, 3.8) is 0 Å². The fourth-order valence-corrected chi connectivity index (χ4v) is 2.76. The maximum absolute atomic E-state index is 11.5. The summed E-state index contributed by atoms with van der Waals surface area (Å²) in [5.74, 6) is 0.356. The summed E-state index contributed by atoms with van der Waals surface area (Å²) in [6, 6.07) is 8.09. The number of nitro benzene ring substituents is 1. The van der Waals surface area contributed by atoms with Crippen LogP contribution in [-0.2, 0) is 4.79 Å². The molecule has 0 saturated carbocycles. The number of amides is 2. The topological polar surface area (TPSA) is 102 Å². The molecule has 0 atom stereocenters. The maximum atomic E-state index is 11.5. The van der Waals surface area contributed by atoms with Crippen LogP contribution >= 0.6 is 11.8 Å². The Balaban J connectivity index is 1.92. The highest BCUT2D eigenvalue weighted by Gasteiger charge is 2.25. The van der Waals surface area contributed by atoms with E-state index < -0.39 is 16.1 Å². The Morgan fingerprint density at radius 2 is 2.04 bits per heavy atom. The molecule has 1 aliphatic rings. The van der Waals surface area contributed by atoms with Crippen LogP contribution in [0.4, 0.5) is 10.5 Å². The summed E-state index contributed by atoms with van der Waals surface area (Å²) in [6.45, 7) is 1.66. The van der Waals surface area contributed by atoms with Crippen molar-refractivity contribution >= 4 is 34.7 Å². The highest BCUT2D eigenvalue weighted by molar-refractivity contribution is 8.18. The monoisotopic (exact) mass is 330 g/mol. The van der Waals surface area contributed by atoms with Crippen LogP contribution in [0.1, 0.15) is 11.3 Å². The first kappa shape index (κ1) is 15.0. The Morgan fingerprint density at radius 1 is 1.26 bits per heavy atom. The average molecular weight is 330 g/mol. The number of nitrogens with one attached hydrogen (secondary N) is 1. The zero-order valence-electron chi connectivity index (χ0n) is 11.9. The first-order chi connectivity index (χ1) is 10.9. The van der Waals surface area contributed by atoms with Crippen LogP contribution in [0.5, 0.6) is 0 Å². The third-order valence-corrected chi connectivity index (χ3v) is 4.04. The van der Waals surface area contributed by atoms with Gasteiger partial charge in [0.1, 0.15) is 11.5 Å². The third-order valence-electron chi connectivity index (χ3n) is 3.23. The minimum absolute atomic E-state index is 0.00938. The van der Waals surface area contributed by atoms with Crippen LogP contribution in [0.15, 0.2) is 39.7 Å². The van der Waals surface area contributed by atoms with Crippen molar-refractivity contribution in [3.8, 4) is 11.3 Å². The zero-order chi connectivity index (χ0) is 16.6. The lowest BCUT2D eigenvalue weighted by molar-refractivity contribution is -0.385.